The van der Waals surface area contributed by atoms with E-state index in [1.807, 2.05) is 36.4 Å². The van der Waals surface area contributed by atoms with E-state index in [1.54, 1.807) is 0 Å². The Bertz CT molecular complexity index is 547. The Hall–Kier alpha value is -1.48. The van der Waals surface area contributed by atoms with Gasteiger partial charge in [0.1, 0.15) is 0 Å². The summed E-state index contributed by atoms with van der Waals surface area (Å²) in [6.07, 6.45) is 0. The number of halogens is 1. The Morgan fingerprint density at radius 2 is 1.67 bits per heavy atom. The Kier molecular flexibility index (Phi) is 4.26. The average molecular weight is 303 g/mol. The van der Waals surface area contributed by atoms with Gasteiger partial charge in [-0.3, -0.25) is 0 Å². The first kappa shape index (κ1) is 13.0. The normalized spacial score (nSPS) is 12.8. The maximum absolute atomic E-state index is 4.36. The molecule has 0 aromatic heterocycles. The van der Waals surface area contributed by atoms with E-state index < -0.39 is 0 Å². The van der Waals surface area contributed by atoms with Gasteiger partial charge in [0.05, 0.1) is 11.7 Å². The van der Waals surface area contributed by atoms with Crippen LogP contribution in [0.3, 0.4) is 0 Å². The third kappa shape index (κ3) is 3.26. The molecule has 0 heterocycles. The molecule has 0 aliphatic rings. The van der Waals surface area contributed by atoms with Gasteiger partial charge in [-0.1, -0.05) is 40.2 Å². The van der Waals surface area contributed by atoms with Crippen LogP contribution in [0.2, 0.25) is 0 Å². The Labute approximate surface area is 116 Å². The molecule has 2 nitrogen and oxygen atoms in total. The summed E-state index contributed by atoms with van der Waals surface area (Å²) in [5.41, 5.74) is 3.34. The molecule has 2 aromatic carbocycles. The van der Waals surface area contributed by atoms with Gasteiger partial charge < -0.3 is 0 Å². The first-order chi connectivity index (χ1) is 8.66. The summed E-state index contributed by atoms with van der Waals surface area (Å²) in [6, 6.07) is 16.2. The molecule has 2 rings (SSSR count). The maximum atomic E-state index is 4.36. The van der Waals surface area contributed by atoms with E-state index in [0.717, 1.165) is 10.2 Å². The summed E-state index contributed by atoms with van der Waals surface area (Å²) in [4.78, 5) is 0. The van der Waals surface area contributed by atoms with Crippen molar-refractivity contribution in [1.29, 1.82) is 0 Å². The van der Waals surface area contributed by atoms with Gasteiger partial charge in [-0.25, -0.2) is 0 Å². The Morgan fingerprint density at radius 3 is 2.33 bits per heavy atom. The smallest absolute Gasteiger partial charge is 0.0936 e. The molecule has 0 saturated carbocycles. The van der Waals surface area contributed by atoms with E-state index in [9.17, 15) is 0 Å². The van der Waals surface area contributed by atoms with Crippen molar-refractivity contribution in [3.8, 4) is 0 Å². The first-order valence-electron chi connectivity index (χ1n) is 5.89. The van der Waals surface area contributed by atoms with E-state index in [2.05, 4.69) is 52.1 Å². The van der Waals surface area contributed by atoms with Crippen molar-refractivity contribution in [1.82, 2.24) is 0 Å². The summed E-state index contributed by atoms with van der Waals surface area (Å²) in [6.45, 7) is 4.16. The summed E-state index contributed by atoms with van der Waals surface area (Å²) >= 11 is 3.40. The molecule has 0 fully saturated rings. The van der Waals surface area contributed by atoms with Gasteiger partial charge in [0.15, 0.2) is 0 Å². The van der Waals surface area contributed by atoms with Gasteiger partial charge in [-0.2, -0.15) is 10.2 Å². The molecular formula is C15H15BrN2. The monoisotopic (exact) mass is 302 g/mol. The number of nitrogens with zero attached hydrogens (tertiary/aromatic N) is 2. The minimum Gasteiger partial charge on any atom is -0.181 e. The lowest BCUT2D eigenvalue weighted by molar-refractivity contribution is 0.758. The minimum atomic E-state index is 0.0786. The van der Waals surface area contributed by atoms with E-state index >= 15 is 0 Å². The summed E-state index contributed by atoms with van der Waals surface area (Å²) in [5.74, 6) is 0. The number of aryl methyl sites for hydroxylation is 1. The molecule has 0 bridgehead atoms. The van der Waals surface area contributed by atoms with Crippen LogP contribution >= 0.6 is 15.9 Å². The molecular weight excluding hydrogens is 288 g/mol. The molecule has 0 aliphatic heterocycles. The second kappa shape index (κ2) is 5.91. The fraction of sp³-hybridized carbons (Fsp3) is 0.200. The molecule has 0 radical (unpaired) electrons. The van der Waals surface area contributed by atoms with Crippen LogP contribution in [-0.2, 0) is 0 Å². The van der Waals surface area contributed by atoms with Gasteiger partial charge in [0.2, 0.25) is 0 Å². The maximum Gasteiger partial charge on any atom is 0.0936 e. The fourth-order valence-electron chi connectivity index (χ4n) is 1.78. The zero-order valence-electron chi connectivity index (χ0n) is 10.5. The predicted octanol–water partition coefficient (Wildman–Crippen LogP) is 5.60. The molecule has 0 amide bonds. The highest BCUT2D eigenvalue weighted by Crippen LogP contribution is 2.23. The largest absolute Gasteiger partial charge is 0.181 e. The second-order valence-electron chi connectivity index (χ2n) is 4.22. The topological polar surface area (TPSA) is 24.7 Å². The van der Waals surface area contributed by atoms with Crippen LogP contribution in [0.15, 0.2) is 63.2 Å². The summed E-state index contributed by atoms with van der Waals surface area (Å²) in [7, 11) is 0. The number of azo groups is 1. The molecule has 1 atom stereocenters. The lowest BCUT2D eigenvalue weighted by Gasteiger charge is -2.08. The van der Waals surface area contributed by atoms with Gasteiger partial charge in [-0.15, -0.1) is 0 Å². The van der Waals surface area contributed by atoms with Crippen LogP contribution in [0.4, 0.5) is 5.69 Å². The SMILES string of the molecule is Cc1ccccc1C(C)N=Nc1ccc(Br)cc1. The summed E-state index contributed by atoms with van der Waals surface area (Å²) < 4.78 is 1.05. The van der Waals surface area contributed by atoms with Gasteiger partial charge in [0, 0.05) is 4.47 Å². The van der Waals surface area contributed by atoms with Crippen LogP contribution in [0.5, 0.6) is 0 Å². The van der Waals surface area contributed by atoms with Crippen LogP contribution in [0, 0.1) is 6.92 Å². The average Bonchev–Trinajstić information content (AvgIpc) is 2.38. The zero-order valence-corrected chi connectivity index (χ0v) is 12.1. The molecule has 92 valence electrons. The predicted molar refractivity (Wildman–Crippen MR) is 78.3 cm³/mol. The van der Waals surface area contributed by atoms with Crippen LogP contribution in [0.25, 0.3) is 0 Å². The Balaban J connectivity index is 2.14. The molecule has 0 aliphatic carbocycles. The molecule has 0 spiro atoms. The molecule has 0 N–H and O–H groups in total. The number of hydrogen-bond acceptors (Lipinski definition) is 2. The Morgan fingerprint density at radius 1 is 1.00 bits per heavy atom. The van der Waals surface area contributed by atoms with Crippen molar-refractivity contribution in [2.75, 3.05) is 0 Å². The zero-order chi connectivity index (χ0) is 13.0. The highest BCUT2D eigenvalue weighted by Gasteiger charge is 2.05. The van der Waals surface area contributed by atoms with Crippen molar-refractivity contribution >= 4 is 21.6 Å². The van der Waals surface area contributed by atoms with Crippen molar-refractivity contribution in [2.24, 2.45) is 10.2 Å². The van der Waals surface area contributed by atoms with E-state index in [1.165, 1.54) is 11.1 Å². The van der Waals surface area contributed by atoms with E-state index in [-0.39, 0.29) is 6.04 Å². The minimum absolute atomic E-state index is 0.0786. The molecule has 2 aromatic rings. The highest BCUT2D eigenvalue weighted by atomic mass is 79.9. The molecule has 0 saturated heterocycles. The van der Waals surface area contributed by atoms with Crippen molar-refractivity contribution in [3.05, 3.63) is 64.1 Å². The van der Waals surface area contributed by atoms with Gasteiger partial charge in [-0.05, 0) is 49.2 Å². The quantitative estimate of drug-likeness (QED) is 0.659. The number of benzene rings is 2. The molecule has 1 unspecified atom stereocenters. The van der Waals surface area contributed by atoms with E-state index in [4.69, 9.17) is 0 Å². The number of hydrogen-bond donors (Lipinski definition) is 0. The lowest BCUT2D eigenvalue weighted by Crippen LogP contribution is -1.91. The lowest BCUT2D eigenvalue weighted by atomic mass is 10.0. The third-order valence-corrected chi connectivity index (χ3v) is 3.34. The standard InChI is InChI=1S/C15H15BrN2/c1-11-5-3-4-6-15(11)12(2)17-18-14-9-7-13(16)8-10-14/h3-10,12H,1-2H3. The van der Waals surface area contributed by atoms with Gasteiger partial charge in [0.25, 0.3) is 0 Å². The van der Waals surface area contributed by atoms with Crippen LogP contribution in [-0.4, -0.2) is 0 Å². The molecule has 18 heavy (non-hydrogen) atoms. The van der Waals surface area contributed by atoms with Crippen molar-refractivity contribution < 1.29 is 0 Å². The number of rotatable bonds is 3. The highest BCUT2D eigenvalue weighted by molar-refractivity contribution is 9.10. The van der Waals surface area contributed by atoms with Crippen LogP contribution in [0.1, 0.15) is 24.1 Å². The van der Waals surface area contributed by atoms with Crippen LogP contribution < -0.4 is 0 Å². The fourth-order valence-corrected chi connectivity index (χ4v) is 2.04. The van der Waals surface area contributed by atoms with Gasteiger partial charge >= 0.3 is 0 Å². The summed E-state index contributed by atoms with van der Waals surface area (Å²) in [5, 5.41) is 8.63. The first-order valence-corrected chi connectivity index (χ1v) is 6.68. The molecule has 3 heteroatoms. The van der Waals surface area contributed by atoms with Crippen molar-refractivity contribution in [2.45, 2.75) is 19.9 Å². The third-order valence-electron chi connectivity index (χ3n) is 2.81. The second-order valence-corrected chi connectivity index (χ2v) is 5.14. The van der Waals surface area contributed by atoms with E-state index in [0.29, 0.717) is 0 Å². The van der Waals surface area contributed by atoms with Crippen molar-refractivity contribution in [3.63, 3.8) is 0 Å².